The Balaban J connectivity index is 1.36. The Bertz CT molecular complexity index is 1240. The number of fused-ring (bicyclic) bond motifs is 1. The molecule has 1 atom stereocenters. The number of amides is 1. The molecule has 9 heteroatoms. The maximum atomic E-state index is 11.6. The molecule has 184 valence electrons. The van der Waals surface area contributed by atoms with Crippen molar-refractivity contribution >= 4 is 40.1 Å². The number of anilines is 2. The van der Waals surface area contributed by atoms with Gasteiger partial charge in [-0.15, -0.1) is 0 Å². The van der Waals surface area contributed by atoms with Crippen LogP contribution in [0.1, 0.15) is 52.0 Å². The fourth-order valence-corrected chi connectivity index (χ4v) is 5.33. The van der Waals surface area contributed by atoms with Crippen LogP contribution in [0, 0.1) is 5.41 Å². The smallest absolute Gasteiger partial charge is 0.226 e. The van der Waals surface area contributed by atoms with Crippen LogP contribution in [0.5, 0.6) is 0 Å². The predicted octanol–water partition coefficient (Wildman–Crippen LogP) is 3.92. The van der Waals surface area contributed by atoms with E-state index in [1.165, 1.54) is 0 Å². The molecular formula is C26H34N8O. The standard InChI is InChI=1S/C26H34N8O/c1-16-5-6-21(30-17(2)9-12-28-16)20-13-29-24-22(20)23(27-4)32-25(33-24)31-19-7-10-26(11-8-19)14-34(15-26)18(3)35/h5-6,9,12-13,17,19H,7-8,10-11,14-15H2,1-4H3,(H3,27,29,31,32,33)/b6-5-,12-9-,28-16-,30-21+/t17-/m0/s1. The van der Waals surface area contributed by atoms with Crippen LogP contribution in [0.3, 0.4) is 0 Å². The van der Waals surface area contributed by atoms with E-state index >= 15 is 0 Å². The molecule has 0 bridgehead atoms. The van der Waals surface area contributed by atoms with Gasteiger partial charge in [-0.25, -0.2) is 0 Å². The van der Waals surface area contributed by atoms with E-state index in [0.29, 0.717) is 17.4 Å². The minimum Gasteiger partial charge on any atom is -0.372 e. The maximum absolute atomic E-state index is 11.6. The van der Waals surface area contributed by atoms with Crippen molar-refractivity contribution in [3.8, 4) is 0 Å². The van der Waals surface area contributed by atoms with E-state index in [4.69, 9.17) is 15.0 Å². The Morgan fingerprint density at radius 1 is 1.20 bits per heavy atom. The van der Waals surface area contributed by atoms with Crippen molar-refractivity contribution in [1.29, 1.82) is 0 Å². The molecule has 2 fully saturated rings. The van der Waals surface area contributed by atoms with E-state index < -0.39 is 0 Å². The van der Waals surface area contributed by atoms with Crippen molar-refractivity contribution in [3.05, 3.63) is 36.2 Å². The maximum Gasteiger partial charge on any atom is 0.226 e. The Labute approximate surface area is 205 Å². The molecule has 1 saturated heterocycles. The zero-order valence-electron chi connectivity index (χ0n) is 20.9. The number of carbonyl (C=O) groups is 1. The van der Waals surface area contributed by atoms with Crippen LogP contribution in [0.2, 0.25) is 0 Å². The summed E-state index contributed by atoms with van der Waals surface area (Å²) in [7, 11) is 1.88. The monoisotopic (exact) mass is 474 g/mol. The third kappa shape index (κ3) is 4.72. The molecule has 35 heavy (non-hydrogen) atoms. The Morgan fingerprint density at radius 3 is 2.69 bits per heavy atom. The minimum absolute atomic E-state index is 0.00179. The molecule has 3 N–H and O–H groups in total. The number of hydrogen-bond acceptors (Lipinski definition) is 7. The molecule has 9 nitrogen and oxygen atoms in total. The molecule has 0 unspecified atom stereocenters. The van der Waals surface area contributed by atoms with Gasteiger partial charge in [0.15, 0.2) is 0 Å². The highest BCUT2D eigenvalue weighted by Gasteiger charge is 2.46. The van der Waals surface area contributed by atoms with E-state index in [1.54, 1.807) is 6.92 Å². The Morgan fingerprint density at radius 2 is 1.97 bits per heavy atom. The highest BCUT2D eigenvalue weighted by atomic mass is 16.2. The van der Waals surface area contributed by atoms with Gasteiger partial charge in [0.2, 0.25) is 11.9 Å². The van der Waals surface area contributed by atoms with Crippen LogP contribution in [0.4, 0.5) is 11.8 Å². The number of aliphatic imine (C=N–C) groups is 2. The molecule has 2 aromatic heterocycles. The molecule has 5 rings (SSSR count). The Kier molecular flexibility index (Phi) is 6.17. The second kappa shape index (κ2) is 9.28. The number of allylic oxidation sites excluding steroid dienone is 2. The van der Waals surface area contributed by atoms with Crippen LogP contribution in [-0.4, -0.2) is 69.4 Å². The molecule has 1 amide bonds. The van der Waals surface area contributed by atoms with Crippen molar-refractivity contribution in [2.45, 2.75) is 58.5 Å². The molecular weight excluding hydrogens is 440 g/mol. The quantitative estimate of drug-likeness (QED) is 0.622. The number of nitrogens with one attached hydrogen (secondary N) is 3. The molecule has 1 spiro atoms. The first-order chi connectivity index (χ1) is 16.9. The molecule has 4 heterocycles. The number of rotatable bonds is 4. The third-order valence-electron chi connectivity index (χ3n) is 7.39. The molecule has 1 saturated carbocycles. The van der Waals surface area contributed by atoms with Crippen molar-refractivity contribution in [1.82, 2.24) is 19.9 Å². The van der Waals surface area contributed by atoms with Gasteiger partial charge in [-0.1, -0.05) is 0 Å². The van der Waals surface area contributed by atoms with Crippen LogP contribution in [-0.2, 0) is 4.79 Å². The topological polar surface area (TPSA) is 111 Å². The number of hydrogen-bond donors (Lipinski definition) is 3. The molecule has 0 aromatic carbocycles. The van der Waals surface area contributed by atoms with E-state index in [2.05, 4.69) is 20.6 Å². The predicted molar refractivity (Wildman–Crippen MR) is 141 cm³/mol. The summed E-state index contributed by atoms with van der Waals surface area (Å²) in [5.41, 5.74) is 3.84. The summed E-state index contributed by atoms with van der Waals surface area (Å²) in [6.45, 7) is 7.49. The van der Waals surface area contributed by atoms with E-state index in [-0.39, 0.29) is 11.9 Å². The number of H-pyrrole nitrogens is 1. The van der Waals surface area contributed by atoms with Gasteiger partial charge >= 0.3 is 0 Å². The van der Waals surface area contributed by atoms with Gasteiger partial charge in [-0.2, -0.15) is 9.97 Å². The van der Waals surface area contributed by atoms with Crippen molar-refractivity contribution in [2.75, 3.05) is 30.8 Å². The second-order valence-electron chi connectivity index (χ2n) is 10.1. The van der Waals surface area contributed by atoms with Crippen LogP contribution < -0.4 is 10.6 Å². The number of carbonyl (C=O) groups excluding carboxylic acids is 1. The fourth-order valence-electron chi connectivity index (χ4n) is 5.33. The van der Waals surface area contributed by atoms with Gasteiger partial charge in [-0.05, 0) is 57.8 Å². The summed E-state index contributed by atoms with van der Waals surface area (Å²) in [5.74, 6) is 1.58. The lowest BCUT2D eigenvalue weighted by Gasteiger charge is -2.53. The highest BCUT2D eigenvalue weighted by molar-refractivity contribution is 6.19. The summed E-state index contributed by atoms with van der Waals surface area (Å²) in [6, 6.07) is 0.335. The van der Waals surface area contributed by atoms with E-state index in [1.807, 2.05) is 56.4 Å². The van der Waals surface area contributed by atoms with Crippen molar-refractivity contribution < 1.29 is 4.79 Å². The zero-order valence-corrected chi connectivity index (χ0v) is 20.9. The third-order valence-corrected chi connectivity index (χ3v) is 7.39. The number of aromatic amines is 1. The lowest BCUT2D eigenvalue weighted by molar-refractivity contribution is -0.143. The van der Waals surface area contributed by atoms with Gasteiger partial charge in [-0.3, -0.25) is 14.8 Å². The number of likely N-dealkylation sites (tertiary alicyclic amines) is 1. The average Bonchev–Trinajstić information content (AvgIpc) is 3.26. The SMILES string of the molecule is CNc1nc(NC2CCC3(CC2)CN(C(C)=O)C3)nc2[nH]cc(C3=N\[C@@H](C)\C=C/N=C(C)\C=C/3)c12. The van der Waals surface area contributed by atoms with Crippen LogP contribution in [0.15, 0.2) is 40.6 Å². The molecule has 0 radical (unpaired) electrons. The van der Waals surface area contributed by atoms with Crippen LogP contribution >= 0.6 is 0 Å². The number of nitrogens with zero attached hydrogens (tertiary/aromatic N) is 5. The van der Waals surface area contributed by atoms with Crippen LogP contribution in [0.25, 0.3) is 11.0 Å². The first kappa shape index (κ1) is 23.3. The summed E-state index contributed by atoms with van der Waals surface area (Å²) in [5, 5.41) is 7.74. The molecule has 1 aliphatic carbocycles. The summed E-state index contributed by atoms with van der Waals surface area (Å²) in [4.78, 5) is 35.8. The highest BCUT2D eigenvalue weighted by Crippen LogP contribution is 2.44. The molecule has 2 aromatic rings. The molecule has 3 aliphatic rings. The average molecular weight is 475 g/mol. The number of aromatic nitrogens is 3. The Hall–Kier alpha value is -3.49. The first-order valence-corrected chi connectivity index (χ1v) is 12.4. The zero-order chi connectivity index (χ0) is 24.6. The van der Waals surface area contributed by atoms with Gasteiger partial charge in [0, 0.05) is 62.2 Å². The first-order valence-electron chi connectivity index (χ1n) is 12.4. The fraction of sp³-hybridized carbons (Fsp3) is 0.500. The van der Waals surface area contributed by atoms with Gasteiger partial charge < -0.3 is 20.5 Å². The lowest BCUT2D eigenvalue weighted by atomic mass is 9.67. The largest absolute Gasteiger partial charge is 0.372 e. The summed E-state index contributed by atoms with van der Waals surface area (Å²) in [6.07, 6.45) is 14.1. The summed E-state index contributed by atoms with van der Waals surface area (Å²) >= 11 is 0. The second-order valence-corrected chi connectivity index (χ2v) is 10.1. The van der Waals surface area contributed by atoms with E-state index in [9.17, 15) is 4.79 Å². The van der Waals surface area contributed by atoms with E-state index in [0.717, 1.165) is 72.6 Å². The van der Waals surface area contributed by atoms with Gasteiger partial charge in [0.1, 0.15) is 11.5 Å². The van der Waals surface area contributed by atoms with Crippen molar-refractivity contribution in [2.24, 2.45) is 15.4 Å². The summed E-state index contributed by atoms with van der Waals surface area (Å²) < 4.78 is 0. The van der Waals surface area contributed by atoms with Gasteiger partial charge in [0.05, 0.1) is 17.1 Å². The lowest BCUT2D eigenvalue weighted by Crippen LogP contribution is -2.59. The van der Waals surface area contributed by atoms with Crippen molar-refractivity contribution in [3.63, 3.8) is 0 Å². The normalized spacial score (nSPS) is 27.0. The minimum atomic E-state index is 0.00179. The molecule has 2 aliphatic heterocycles. The van der Waals surface area contributed by atoms with Gasteiger partial charge in [0.25, 0.3) is 0 Å².